The molecule has 0 bridgehead atoms. The van der Waals surface area contributed by atoms with Crippen molar-refractivity contribution < 1.29 is 9.90 Å². The zero-order chi connectivity index (χ0) is 22.0. The number of aromatic nitrogens is 2. The molecule has 4 rings (SSSR count). The summed E-state index contributed by atoms with van der Waals surface area (Å²) in [6.45, 7) is 2.70. The number of ketones is 1. The van der Waals surface area contributed by atoms with Crippen LogP contribution in [-0.4, -0.2) is 52.4 Å². The van der Waals surface area contributed by atoms with Gasteiger partial charge in [0.2, 0.25) is 0 Å². The van der Waals surface area contributed by atoms with E-state index in [9.17, 15) is 9.90 Å². The molecule has 3 aromatic rings. The molecule has 1 aliphatic carbocycles. The van der Waals surface area contributed by atoms with Gasteiger partial charge in [0.15, 0.2) is 5.78 Å². The molecule has 1 aromatic carbocycles. The average molecular weight is 419 g/mol. The number of aromatic hydroxyl groups is 1. The summed E-state index contributed by atoms with van der Waals surface area (Å²) in [6.07, 6.45) is 6.18. The van der Waals surface area contributed by atoms with E-state index in [0.717, 1.165) is 47.8 Å². The fourth-order valence-corrected chi connectivity index (χ4v) is 4.48. The number of fused-ring (bicyclic) bond motifs is 1. The maximum Gasteiger partial charge on any atom is 0.163 e. The molecule has 0 atom stereocenters. The topological polar surface area (TPSA) is 78.3 Å². The summed E-state index contributed by atoms with van der Waals surface area (Å²) in [4.78, 5) is 24.0. The SMILES string of the molecule is CC(=O)c1cnc2ccc(-c3ccc(O)cc3)nc2c1N[C@H]1CC[C@H](CN(C)C)CC1. The van der Waals surface area contributed by atoms with E-state index in [0.29, 0.717) is 17.1 Å². The molecule has 0 unspecified atom stereocenters. The molecule has 0 spiro atoms. The quantitative estimate of drug-likeness (QED) is 0.563. The van der Waals surface area contributed by atoms with Gasteiger partial charge >= 0.3 is 0 Å². The number of carbonyl (C=O) groups excluding carboxylic acids is 1. The van der Waals surface area contributed by atoms with Gasteiger partial charge in [-0.25, -0.2) is 4.98 Å². The van der Waals surface area contributed by atoms with Crippen molar-refractivity contribution in [3.63, 3.8) is 0 Å². The Balaban J connectivity index is 1.67. The fraction of sp³-hybridized carbons (Fsp3) is 0.400. The molecule has 6 nitrogen and oxygen atoms in total. The van der Waals surface area contributed by atoms with Crippen LogP contribution in [0, 0.1) is 5.92 Å². The predicted molar refractivity (Wildman–Crippen MR) is 125 cm³/mol. The molecule has 1 saturated carbocycles. The summed E-state index contributed by atoms with van der Waals surface area (Å²) in [5, 5.41) is 13.2. The van der Waals surface area contributed by atoms with Gasteiger partial charge in [-0.1, -0.05) is 0 Å². The molecule has 2 aromatic heterocycles. The van der Waals surface area contributed by atoms with Gasteiger partial charge in [-0.05, 0) is 89.0 Å². The number of rotatable bonds is 6. The van der Waals surface area contributed by atoms with E-state index < -0.39 is 0 Å². The van der Waals surface area contributed by atoms with Crippen LogP contribution in [0.1, 0.15) is 43.0 Å². The molecule has 0 amide bonds. The van der Waals surface area contributed by atoms with Crippen molar-refractivity contribution in [2.24, 2.45) is 5.92 Å². The maximum absolute atomic E-state index is 12.4. The second-order valence-electron chi connectivity index (χ2n) is 8.84. The van der Waals surface area contributed by atoms with Crippen LogP contribution >= 0.6 is 0 Å². The first-order chi connectivity index (χ1) is 14.9. The summed E-state index contributed by atoms with van der Waals surface area (Å²) in [5.41, 5.74) is 4.54. The number of hydrogen-bond acceptors (Lipinski definition) is 6. The number of benzene rings is 1. The van der Waals surface area contributed by atoms with Crippen molar-refractivity contribution >= 4 is 22.5 Å². The first kappa shape index (κ1) is 21.2. The third-order valence-corrected chi connectivity index (χ3v) is 6.07. The van der Waals surface area contributed by atoms with Crippen LogP contribution in [-0.2, 0) is 0 Å². The highest BCUT2D eigenvalue weighted by Gasteiger charge is 2.24. The lowest BCUT2D eigenvalue weighted by Gasteiger charge is -2.31. The van der Waals surface area contributed by atoms with Gasteiger partial charge in [0, 0.05) is 24.3 Å². The summed E-state index contributed by atoms with van der Waals surface area (Å²) in [5.74, 6) is 0.932. The number of carbonyl (C=O) groups is 1. The largest absolute Gasteiger partial charge is 0.508 e. The van der Waals surface area contributed by atoms with E-state index in [-0.39, 0.29) is 11.5 Å². The zero-order valence-corrected chi connectivity index (χ0v) is 18.4. The number of phenolic OH excluding ortho intramolecular Hbond substituents is 1. The number of nitrogens with zero attached hydrogens (tertiary/aromatic N) is 3. The van der Waals surface area contributed by atoms with Crippen LogP contribution < -0.4 is 5.32 Å². The van der Waals surface area contributed by atoms with E-state index in [1.165, 1.54) is 12.8 Å². The van der Waals surface area contributed by atoms with E-state index in [1.54, 1.807) is 25.3 Å². The molecule has 31 heavy (non-hydrogen) atoms. The Morgan fingerprint density at radius 1 is 1.10 bits per heavy atom. The lowest BCUT2D eigenvalue weighted by atomic mass is 9.85. The Kier molecular flexibility index (Phi) is 6.18. The number of pyridine rings is 2. The highest BCUT2D eigenvalue weighted by molar-refractivity contribution is 6.06. The normalized spacial score (nSPS) is 19.0. The summed E-state index contributed by atoms with van der Waals surface area (Å²) in [7, 11) is 4.26. The van der Waals surface area contributed by atoms with Crippen molar-refractivity contribution in [3.8, 4) is 17.0 Å². The van der Waals surface area contributed by atoms with Gasteiger partial charge < -0.3 is 15.3 Å². The highest BCUT2D eigenvalue weighted by Crippen LogP contribution is 2.32. The Bertz CT molecular complexity index is 1070. The molecule has 2 N–H and O–H groups in total. The molecule has 1 aliphatic rings. The van der Waals surface area contributed by atoms with Gasteiger partial charge in [-0.2, -0.15) is 0 Å². The molecular weight excluding hydrogens is 388 g/mol. The molecule has 2 heterocycles. The molecule has 0 saturated heterocycles. The highest BCUT2D eigenvalue weighted by atomic mass is 16.3. The number of nitrogens with one attached hydrogen (secondary N) is 1. The third kappa shape index (κ3) is 4.85. The number of anilines is 1. The van der Waals surface area contributed by atoms with Gasteiger partial charge in [0.05, 0.1) is 22.5 Å². The molecule has 6 heteroatoms. The second kappa shape index (κ2) is 9.02. The fourth-order valence-electron chi connectivity index (χ4n) is 4.48. The average Bonchev–Trinajstić information content (AvgIpc) is 2.75. The standard InChI is InChI=1S/C25H30N4O2/c1-16(30)21-14-26-23-13-12-22(18-6-10-20(31)11-7-18)28-25(23)24(21)27-19-8-4-17(5-9-19)15-29(2)3/h6-7,10-14,17,19,31H,4-5,8-9,15H2,1-3H3,(H,26,27)/t17-,19-. The summed E-state index contributed by atoms with van der Waals surface area (Å²) >= 11 is 0. The van der Waals surface area contributed by atoms with Gasteiger partial charge in [-0.3, -0.25) is 9.78 Å². The number of phenols is 1. The minimum absolute atomic E-state index is 0.0185. The van der Waals surface area contributed by atoms with Crippen molar-refractivity contribution in [2.45, 2.75) is 38.6 Å². The third-order valence-electron chi connectivity index (χ3n) is 6.07. The monoisotopic (exact) mass is 418 g/mol. The maximum atomic E-state index is 12.4. The van der Waals surface area contributed by atoms with Crippen LogP contribution in [0.4, 0.5) is 5.69 Å². The summed E-state index contributed by atoms with van der Waals surface area (Å²) in [6, 6.07) is 11.2. The number of hydrogen-bond donors (Lipinski definition) is 2. The molecule has 1 fully saturated rings. The van der Waals surface area contributed by atoms with Crippen LogP contribution in [0.3, 0.4) is 0 Å². The first-order valence-corrected chi connectivity index (χ1v) is 10.9. The second-order valence-corrected chi connectivity index (χ2v) is 8.84. The van der Waals surface area contributed by atoms with Gasteiger partial charge in [0.1, 0.15) is 11.3 Å². The van der Waals surface area contributed by atoms with E-state index in [1.807, 2.05) is 24.3 Å². The van der Waals surface area contributed by atoms with Crippen LogP contribution in [0.15, 0.2) is 42.6 Å². The molecule has 0 aliphatic heterocycles. The predicted octanol–water partition coefficient (Wildman–Crippen LogP) is 4.74. The molecule has 0 radical (unpaired) electrons. The van der Waals surface area contributed by atoms with E-state index >= 15 is 0 Å². The lowest BCUT2D eigenvalue weighted by molar-refractivity contribution is 0.101. The smallest absolute Gasteiger partial charge is 0.163 e. The minimum atomic E-state index is -0.0185. The van der Waals surface area contributed by atoms with Crippen molar-refractivity contribution in [1.29, 1.82) is 0 Å². The van der Waals surface area contributed by atoms with Crippen molar-refractivity contribution in [1.82, 2.24) is 14.9 Å². The Hall–Kier alpha value is -2.99. The van der Waals surface area contributed by atoms with Gasteiger partial charge in [0.25, 0.3) is 0 Å². The Morgan fingerprint density at radius 2 is 1.81 bits per heavy atom. The van der Waals surface area contributed by atoms with Crippen LogP contribution in [0.2, 0.25) is 0 Å². The van der Waals surface area contributed by atoms with Crippen molar-refractivity contribution in [3.05, 3.63) is 48.2 Å². The van der Waals surface area contributed by atoms with Crippen LogP contribution in [0.5, 0.6) is 5.75 Å². The first-order valence-electron chi connectivity index (χ1n) is 10.9. The number of Topliss-reactive ketones (excluding diaryl/α,β-unsaturated/α-hetero) is 1. The molecule has 162 valence electrons. The Labute approximate surface area is 183 Å². The van der Waals surface area contributed by atoms with Crippen LogP contribution in [0.25, 0.3) is 22.3 Å². The van der Waals surface area contributed by atoms with E-state index in [4.69, 9.17) is 4.98 Å². The van der Waals surface area contributed by atoms with Gasteiger partial charge in [-0.15, -0.1) is 0 Å². The lowest BCUT2D eigenvalue weighted by Crippen LogP contribution is -2.31. The Morgan fingerprint density at radius 3 is 2.45 bits per heavy atom. The summed E-state index contributed by atoms with van der Waals surface area (Å²) < 4.78 is 0. The minimum Gasteiger partial charge on any atom is -0.508 e. The zero-order valence-electron chi connectivity index (χ0n) is 18.4. The molecular formula is C25H30N4O2. The van der Waals surface area contributed by atoms with E-state index in [2.05, 4.69) is 29.3 Å². The van der Waals surface area contributed by atoms with Crippen molar-refractivity contribution in [2.75, 3.05) is 26.0 Å².